The van der Waals surface area contributed by atoms with Gasteiger partial charge in [0.2, 0.25) is 5.91 Å². The topological polar surface area (TPSA) is 67.4 Å². The summed E-state index contributed by atoms with van der Waals surface area (Å²) in [6.45, 7) is 0.562. The van der Waals surface area contributed by atoms with Crippen LogP contribution in [0.25, 0.3) is 0 Å². The third-order valence-electron chi connectivity index (χ3n) is 6.86. The second-order valence-electron chi connectivity index (χ2n) is 9.09. The summed E-state index contributed by atoms with van der Waals surface area (Å²) in [6.07, 6.45) is 4.39. The van der Waals surface area contributed by atoms with Crippen molar-refractivity contribution >= 4 is 11.8 Å². The monoisotopic (exact) mass is 456 g/mol. The fourth-order valence-corrected chi connectivity index (χ4v) is 4.83. The molecule has 1 saturated carbocycles. The molecule has 4 rings (SSSR count). The molecule has 0 atom stereocenters. The van der Waals surface area contributed by atoms with Crippen LogP contribution in [0.5, 0.6) is 11.5 Å². The first kappa shape index (κ1) is 23.6. The number of benzene rings is 3. The van der Waals surface area contributed by atoms with Crippen molar-refractivity contribution in [2.75, 3.05) is 13.6 Å². The summed E-state index contributed by atoms with van der Waals surface area (Å²) in [6, 6.07) is 27.2. The molecule has 34 heavy (non-hydrogen) atoms. The Labute approximate surface area is 201 Å². The molecule has 1 aliphatic rings. The predicted molar refractivity (Wildman–Crippen MR) is 134 cm³/mol. The number of rotatable bonds is 8. The van der Waals surface area contributed by atoms with Gasteiger partial charge in [-0.1, -0.05) is 54.6 Å². The highest BCUT2D eigenvalue weighted by molar-refractivity contribution is 5.94. The van der Waals surface area contributed by atoms with Gasteiger partial charge in [-0.05, 0) is 67.5 Å². The minimum absolute atomic E-state index is 0.100. The van der Waals surface area contributed by atoms with E-state index in [1.54, 1.807) is 13.1 Å². The first-order valence-electron chi connectivity index (χ1n) is 12.0. The Hall–Kier alpha value is -3.60. The van der Waals surface area contributed by atoms with E-state index in [1.807, 2.05) is 54.6 Å². The average Bonchev–Trinajstić information content (AvgIpc) is 2.89. The highest BCUT2D eigenvalue weighted by Gasteiger charge is 2.37. The van der Waals surface area contributed by atoms with Gasteiger partial charge in [-0.25, -0.2) is 0 Å². The lowest BCUT2D eigenvalue weighted by Gasteiger charge is -2.41. The minimum Gasteiger partial charge on any atom is -0.457 e. The molecule has 2 N–H and O–H groups in total. The zero-order chi connectivity index (χ0) is 23.8. The molecule has 5 nitrogen and oxygen atoms in total. The van der Waals surface area contributed by atoms with Gasteiger partial charge in [-0.3, -0.25) is 9.59 Å². The third-order valence-corrected chi connectivity index (χ3v) is 6.86. The summed E-state index contributed by atoms with van der Waals surface area (Å²) in [5, 5.41) is 5.93. The number of para-hydroxylation sites is 1. The zero-order valence-corrected chi connectivity index (χ0v) is 19.6. The summed E-state index contributed by atoms with van der Waals surface area (Å²) in [4.78, 5) is 24.9. The average molecular weight is 457 g/mol. The first-order valence-corrected chi connectivity index (χ1v) is 12.0. The molecule has 176 valence electrons. The number of carbonyl (C=O) groups excluding carboxylic acids is 2. The summed E-state index contributed by atoms with van der Waals surface area (Å²) >= 11 is 0. The maximum atomic E-state index is 13.1. The van der Waals surface area contributed by atoms with Crippen LogP contribution in [-0.4, -0.2) is 25.4 Å². The molecule has 0 aromatic heterocycles. The summed E-state index contributed by atoms with van der Waals surface area (Å²) in [7, 11) is 1.69. The quantitative estimate of drug-likeness (QED) is 0.472. The molecule has 0 heterocycles. The summed E-state index contributed by atoms with van der Waals surface area (Å²) in [5.41, 5.74) is 1.69. The van der Waals surface area contributed by atoms with Crippen LogP contribution in [0.15, 0.2) is 84.9 Å². The van der Waals surface area contributed by atoms with Crippen molar-refractivity contribution in [2.45, 2.75) is 37.5 Å². The maximum absolute atomic E-state index is 13.1. The van der Waals surface area contributed by atoms with Crippen molar-refractivity contribution in [2.24, 2.45) is 5.92 Å². The number of hydrogen-bond donors (Lipinski definition) is 2. The van der Waals surface area contributed by atoms with Crippen LogP contribution in [0.2, 0.25) is 0 Å². The van der Waals surface area contributed by atoms with Crippen molar-refractivity contribution in [3.8, 4) is 11.5 Å². The van der Waals surface area contributed by atoms with Gasteiger partial charge in [0.25, 0.3) is 5.91 Å². The molecule has 3 aromatic carbocycles. The molecule has 1 aliphatic carbocycles. The maximum Gasteiger partial charge on any atom is 0.251 e. The Balaban J connectivity index is 1.44. The molecule has 0 aliphatic heterocycles. The molecule has 0 bridgehead atoms. The van der Waals surface area contributed by atoms with Gasteiger partial charge < -0.3 is 15.4 Å². The van der Waals surface area contributed by atoms with E-state index in [2.05, 4.69) is 34.9 Å². The van der Waals surface area contributed by atoms with Crippen molar-refractivity contribution in [3.63, 3.8) is 0 Å². The van der Waals surface area contributed by atoms with E-state index in [0.29, 0.717) is 30.2 Å². The Morgan fingerprint density at radius 2 is 1.53 bits per heavy atom. The van der Waals surface area contributed by atoms with Crippen molar-refractivity contribution < 1.29 is 14.3 Å². The van der Waals surface area contributed by atoms with Gasteiger partial charge in [0, 0.05) is 31.0 Å². The number of nitrogens with one attached hydrogen (secondary N) is 2. The SMILES string of the molecule is CNC(=O)CC1CCC(CNC(=O)c2cccc(Oc3ccccc3)c2)(c2ccccc2)CC1. The predicted octanol–water partition coefficient (Wildman–Crippen LogP) is 5.47. The molecule has 1 fully saturated rings. The van der Waals surface area contributed by atoms with Crippen molar-refractivity contribution in [1.82, 2.24) is 10.6 Å². The Morgan fingerprint density at radius 1 is 0.882 bits per heavy atom. The van der Waals surface area contributed by atoms with Crippen LogP contribution in [-0.2, 0) is 10.2 Å². The van der Waals surface area contributed by atoms with E-state index >= 15 is 0 Å². The number of carbonyl (C=O) groups is 2. The lowest BCUT2D eigenvalue weighted by Crippen LogP contribution is -2.43. The Bertz CT molecular complexity index is 1090. The van der Waals surface area contributed by atoms with E-state index in [-0.39, 0.29) is 17.2 Å². The zero-order valence-electron chi connectivity index (χ0n) is 19.6. The molecule has 5 heteroatoms. The minimum atomic E-state index is -0.131. The standard InChI is InChI=1S/C29H32N2O3/c1-30-27(32)19-22-15-17-29(18-16-22,24-10-4-2-5-11-24)21-31-28(33)23-9-8-14-26(20-23)34-25-12-6-3-7-13-25/h2-14,20,22H,15-19,21H2,1H3,(H,30,32)(H,31,33). The Kier molecular flexibility index (Phi) is 7.63. The molecule has 3 aromatic rings. The molecule has 2 amide bonds. The second kappa shape index (κ2) is 11.0. The highest BCUT2D eigenvalue weighted by atomic mass is 16.5. The van der Waals surface area contributed by atoms with Gasteiger partial charge in [-0.15, -0.1) is 0 Å². The summed E-state index contributed by atoms with van der Waals surface area (Å²) in [5.74, 6) is 1.74. The molecular formula is C29H32N2O3. The lowest BCUT2D eigenvalue weighted by molar-refractivity contribution is -0.121. The smallest absolute Gasteiger partial charge is 0.251 e. The molecule has 0 radical (unpaired) electrons. The van der Waals surface area contributed by atoms with Gasteiger partial charge >= 0.3 is 0 Å². The Morgan fingerprint density at radius 3 is 2.21 bits per heavy atom. The van der Waals surface area contributed by atoms with Crippen LogP contribution in [0.3, 0.4) is 0 Å². The summed E-state index contributed by atoms with van der Waals surface area (Å²) < 4.78 is 5.89. The van der Waals surface area contributed by atoms with E-state index in [9.17, 15) is 9.59 Å². The third kappa shape index (κ3) is 5.84. The van der Waals surface area contributed by atoms with Crippen LogP contribution in [0, 0.1) is 5.92 Å². The molecule has 0 unspecified atom stereocenters. The van der Waals surface area contributed by atoms with E-state index < -0.39 is 0 Å². The number of ether oxygens (including phenoxy) is 1. The van der Waals surface area contributed by atoms with Gasteiger partial charge in [-0.2, -0.15) is 0 Å². The van der Waals surface area contributed by atoms with E-state index in [0.717, 1.165) is 31.4 Å². The van der Waals surface area contributed by atoms with Gasteiger partial charge in [0.1, 0.15) is 11.5 Å². The van der Waals surface area contributed by atoms with Crippen LogP contribution >= 0.6 is 0 Å². The molecule has 0 saturated heterocycles. The fraction of sp³-hybridized carbons (Fsp3) is 0.310. The van der Waals surface area contributed by atoms with Crippen molar-refractivity contribution in [3.05, 3.63) is 96.1 Å². The van der Waals surface area contributed by atoms with Crippen LogP contribution in [0.1, 0.15) is 48.0 Å². The fourth-order valence-electron chi connectivity index (χ4n) is 4.83. The normalized spacial score (nSPS) is 19.7. The van der Waals surface area contributed by atoms with Crippen LogP contribution < -0.4 is 15.4 Å². The lowest BCUT2D eigenvalue weighted by atomic mass is 9.66. The van der Waals surface area contributed by atoms with E-state index in [4.69, 9.17) is 4.74 Å². The van der Waals surface area contributed by atoms with Gasteiger partial charge in [0.15, 0.2) is 0 Å². The van der Waals surface area contributed by atoms with Crippen molar-refractivity contribution in [1.29, 1.82) is 0 Å². The van der Waals surface area contributed by atoms with E-state index in [1.165, 1.54) is 5.56 Å². The first-order chi connectivity index (χ1) is 16.6. The van der Waals surface area contributed by atoms with Gasteiger partial charge in [0.05, 0.1) is 0 Å². The molecular weight excluding hydrogens is 424 g/mol. The highest BCUT2D eigenvalue weighted by Crippen LogP contribution is 2.42. The number of hydrogen-bond acceptors (Lipinski definition) is 3. The number of amides is 2. The largest absolute Gasteiger partial charge is 0.457 e. The van der Waals surface area contributed by atoms with Crippen LogP contribution in [0.4, 0.5) is 0 Å². The molecule has 0 spiro atoms. The second-order valence-corrected chi connectivity index (χ2v) is 9.09.